The summed E-state index contributed by atoms with van der Waals surface area (Å²) < 4.78 is 36.8. The van der Waals surface area contributed by atoms with Crippen LogP contribution >= 0.6 is 0 Å². The first-order chi connectivity index (χ1) is 16.8. The summed E-state index contributed by atoms with van der Waals surface area (Å²) in [7, 11) is 0. The van der Waals surface area contributed by atoms with Crippen molar-refractivity contribution in [2.75, 3.05) is 13.2 Å². The fourth-order valence-corrected chi connectivity index (χ4v) is 4.57. The summed E-state index contributed by atoms with van der Waals surface area (Å²) in [6.07, 6.45) is -5.48. The highest BCUT2D eigenvalue weighted by atomic mass is 19.3. The van der Waals surface area contributed by atoms with Gasteiger partial charge in [0.05, 0.1) is 6.10 Å². The molecular weight excluding hydrogens is 462 g/mol. The molecule has 1 aliphatic heterocycles. The van der Waals surface area contributed by atoms with Crippen LogP contribution in [0.3, 0.4) is 0 Å². The first kappa shape index (κ1) is 24.6. The smallest absolute Gasteiger partial charge is 0.407 e. The van der Waals surface area contributed by atoms with Gasteiger partial charge in [0.2, 0.25) is 12.3 Å². The van der Waals surface area contributed by atoms with Crippen LogP contribution in [0, 0.1) is 0 Å². The number of benzene rings is 2. The van der Waals surface area contributed by atoms with Crippen LogP contribution in [0.2, 0.25) is 0 Å². The molecule has 1 fully saturated rings. The highest BCUT2D eigenvalue weighted by Crippen LogP contribution is 2.44. The summed E-state index contributed by atoms with van der Waals surface area (Å²) in [6.45, 7) is -0.0654. The van der Waals surface area contributed by atoms with E-state index in [1.54, 1.807) is 0 Å². The lowest BCUT2D eigenvalue weighted by atomic mass is 9.98. The minimum Gasteiger partial charge on any atom is -0.479 e. The van der Waals surface area contributed by atoms with Gasteiger partial charge in [-0.25, -0.2) is 18.4 Å². The summed E-state index contributed by atoms with van der Waals surface area (Å²) in [5.74, 6) is -2.12. The van der Waals surface area contributed by atoms with Gasteiger partial charge in [-0.05, 0) is 35.1 Å². The molecule has 35 heavy (non-hydrogen) atoms. The summed E-state index contributed by atoms with van der Waals surface area (Å²) in [5, 5.41) is 13.7. The fraction of sp³-hybridized carbons (Fsp3) is 0.400. The Bertz CT molecular complexity index is 1050. The monoisotopic (exact) mass is 488 g/mol. The van der Waals surface area contributed by atoms with Crippen molar-refractivity contribution >= 4 is 18.0 Å². The Kier molecular flexibility index (Phi) is 7.60. The molecule has 0 spiro atoms. The molecule has 2 amide bonds. The maximum absolute atomic E-state index is 13.1. The quantitative estimate of drug-likeness (QED) is 0.499. The largest absolute Gasteiger partial charge is 0.479 e. The maximum atomic E-state index is 13.1. The minimum atomic E-state index is -2.83. The molecule has 4 rings (SSSR count). The van der Waals surface area contributed by atoms with Crippen LogP contribution in [-0.2, 0) is 19.1 Å². The molecule has 2 aliphatic rings. The van der Waals surface area contributed by atoms with Gasteiger partial charge >= 0.3 is 12.1 Å². The zero-order valence-corrected chi connectivity index (χ0v) is 18.8. The molecule has 2 aromatic carbocycles. The topological polar surface area (TPSA) is 114 Å². The number of hydrogen-bond acceptors (Lipinski definition) is 5. The molecular formula is C25H26F2N2O6. The van der Waals surface area contributed by atoms with Crippen molar-refractivity contribution in [1.82, 2.24) is 10.6 Å². The lowest BCUT2D eigenvalue weighted by molar-refractivity contribution is -0.149. The third kappa shape index (κ3) is 5.76. The number of alkyl halides is 2. The van der Waals surface area contributed by atoms with Gasteiger partial charge in [0.25, 0.3) is 0 Å². The van der Waals surface area contributed by atoms with E-state index in [9.17, 15) is 23.2 Å². The fourth-order valence-electron chi connectivity index (χ4n) is 4.57. The van der Waals surface area contributed by atoms with Crippen LogP contribution in [0.15, 0.2) is 48.5 Å². The van der Waals surface area contributed by atoms with Gasteiger partial charge in [-0.15, -0.1) is 0 Å². The Balaban J connectivity index is 1.33. The molecule has 186 valence electrons. The molecule has 0 aromatic heterocycles. The normalized spacial score (nSPS) is 19.6. The summed E-state index contributed by atoms with van der Waals surface area (Å²) in [5.41, 5.74) is 4.09. The molecule has 3 unspecified atom stereocenters. The second-order valence-electron chi connectivity index (χ2n) is 8.56. The standard InChI is InChI=1S/C25H26F2N2O6/c26-22(27)11-20(23(30)28-12-14-9-10-21(35-14)24(31)32)29-25(33)34-13-19-17-7-3-1-5-15(17)16-6-2-4-8-18(16)19/h1-8,14,19-22H,9-13H2,(H,28,30)(H,29,33)(H,31,32). The van der Waals surface area contributed by atoms with E-state index in [0.29, 0.717) is 12.8 Å². The summed E-state index contributed by atoms with van der Waals surface area (Å²) in [4.78, 5) is 35.9. The van der Waals surface area contributed by atoms with Gasteiger partial charge in [-0.1, -0.05) is 48.5 Å². The van der Waals surface area contributed by atoms with Gasteiger partial charge in [-0.2, -0.15) is 0 Å². The van der Waals surface area contributed by atoms with Gasteiger partial charge in [0.15, 0.2) is 6.10 Å². The second kappa shape index (κ2) is 10.8. The molecule has 0 bridgehead atoms. The number of alkyl carbamates (subject to hydrolysis) is 1. The van der Waals surface area contributed by atoms with Crippen molar-refractivity contribution in [3.05, 3.63) is 59.7 Å². The first-order valence-corrected chi connectivity index (χ1v) is 11.4. The molecule has 8 nitrogen and oxygen atoms in total. The number of carbonyl (C=O) groups is 3. The van der Waals surface area contributed by atoms with Crippen molar-refractivity contribution in [3.8, 4) is 11.1 Å². The predicted molar refractivity (Wildman–Crippen MR) is 121 cm³/mol. The van der Waals surface area contributed by atoms with Crippen LogP contribution in [0.5, 0.6) is 0 Å². The van der Waals surface area contributed by atoms with Gasteiger partial charge in [-0.3, -0.25) is 4.79 Å². The molecule has 3 N–H and O–H groups in total. The number of ether oxygens (including phenoxy) is 2. The number of nitrogens with one attached hydrogen (secondary N) is 2. The number of carboxylic acids is 1. The molecule has 3 atom stereocenters. The van der Waals surface area contributed by atoms with E-state index in [1.807, 2.05) is 48.5 Å². The average molecular weight is 488 g/mol. The molecule has 2 aromatic rings. The van der Waals surface area contributed by atoms with E-state index >= 15 is 0 Å². The SMILES string of the molecule is O=C(NC(CC(F)F)C(=O)NCC1CCC(C(=O)O)O1)OCC1c2ccccc2-c2ccccc21. The number of fused-ring (bicyclic) bond motifs is 3. The number of rotatable bonds is 9. The molecule has 10 heteroatoms. The van der Waals surface area contributed by atoms with Crippen molar-refractivity contribution in [1.29, 1.82) is 0 Å². The van der Waals surface area contributed by atoms with E-state index in [1.165, 1.54) is 0 Å². The third-order valence-corrected chi connectivity index (χ3v) is 6.25. The summed E-state index contributed by atoms with van der Waals surface area (Å²) in [6, 6.07) is 14.0. The molecule has 1 aliphatic carbocycles. The van der Waals surface area contributed by atoms with Crippen LogP contribution in [-0.4, -0.2) is 60.9 Å². The first-order valence-electron chi connectivity index (χ1n) is 11.4. The van der Waals surface area contributed by atoms with E-state index in [2.05, 4.69) is 10.6 Å². The minimum absolute atomic E-state index is 0.0185. The third-order valence-electron chi connectivity index (χ3n) is 6.25. The van der Waals surface area contributed by atoms with Crippen LogP contribution < -0.4 is 10.6 Å². The lowest BCUT2D eigenvalue weighted by Crippen LogP contribution is -2.49. The number of carbonyl (C=O) groups excluding carboxylic acids is 2. The average Bonchev–Trinajstić information content (AvgIpc) is 3.44. The molecule has 1 saturated heterocycles. The predicted octanol–water partition coefficient (Wildman–Crippen LogP) is 3.30. The van der Waals surface area contributed by atoms with Crippen LogP contribution in [0.4, 0.5) is 13.6 Å². The van der Waals surface area contributed by atoms with E-state index in [0.717, 1.165) is 22.3 Å². The van der Waals surface area contributed by atoms with Gasteiger partial charge in [0.1, 0.15) is 12.6 Å². The van der Waals surface area contributed by atoms with Crippen LogP contribution in [0.1, 0.15) is 36.3 Å². The Labute approximate surface area is 200 Å². The van der Waals surface area contributed by atoms with Gasteiger partial charge < -0.3 is 25.2 Å². The Hall–Kier alpha value is -3.53. The van der Waals surface area contributed by atoms with Crippen molar-refractivity contribution in [2.24, 2.45) is 0 Å². The van der Waals surface area contributed by atoms with E-state index < -0.39 is 49.1 Å². The lowest BCUT2D eigenvalue weighted by Gasteiger charge is -2.20. The number of carboxylic acid groups (broad SMARTS) is 1. The number of halogens is 2. The molecule has 1 heterocycles. The van der Waals surface area contributed by atoms with Crippen molar-refractivity contribution < 1.29 is 37.7 Å². The maximum Gasteiger partial charge on any atom is 0.407 e. The Morgan fingerprint density at radius 3 is 2.23 bits per heavy atom. The Morgan fingerprint density at radius 2 is 1.66 bits per heavy atom. The number of amides is 2. The summed E-state index contributed by atoms with van der Waals surface area (Å²) >= 11 is 0. The van der Waals surface area contributed by atoms with Crippen molar-refractivity contribution in [3.63, 3.8) is 0 Å². The Morgan fingerprint density at radius 1 is 1.03 bits per heavy atom. The zero-order valence-electron chi connectivity index (χ0n) is 18.8. The number of aliphatic carboxylic acids is 1. The number of hydrogen-bond donors (Lipinski definition) is 3. The molecule has 0 saturated carbocycles. The van der Waals surface area contributed by atoms with Crippen LogP contribution in [0.25, 0.3) is 11.1 Å². The van der Waals surface area contributed by atoms with E-state index in [-0.39, 0.29) is 19.1 Å². The van der Waals surface area contributed by atoms with E-state index in [4.69, 9.17) is 14.6 Å². The highest BCUT2D eigenvalue weighted by molar-refractivity contribution is 5.85. The zero-order chi connectivity index (χ0) is 24.9. The highest BCUT2D eigenvalue weighted by Gasteiger charge is 2.33. The second-order valence-corrected chi connectivity index (χ2v) is 8.56. The van der Waals surface area contributed by atoms with Gasteiger partial charge in [0, 0.05) is 18.9 Å². The van der Waals surface area contributed by atoms with Crippen molar-refractivity contribution in [2.45, 2.75) is 49.9 Å². The molecule has 0 radical (unpaired) electrons.